The molecule has 2 rings (SSSR count). The molecule has 0 saturated carbocycles. The van der Waals surface area contributed by atoms with Crippen LogP contribution >= 0.6 is 0 Å². The van der Waals surface area contributed by atoms with E-state index in [9.17, 15) is 9.90 Å². The topological polar surface area (TPSA) is 71.7 Å². The summed E-state index contributed by atoms with van der Waals surface area (Å²) in [6.07, 6.45) is 0.742. The highest BCUT2D eigenvalue weighted by atomic mass is 16.5. The van der Waals surface area contributed by atoms with Gasteiger partial charge in [0.1, 0.15) is 11.5 Å². The quantitative estimate of drug-likeness (QED) is 0.859. The number of hydrogen-bond donors (Lipinski definition) is 2. The largest absolute Gasteiger partial charge is 0.494 e. The Morgan fingerprint density at radius 3 is 2.68 bits per heavy atom. The van der Waals surface area contributed by atoms with Gasteiger partial charge in [-0.25, -0.2) is 0 Å². The van der Waals surface area contributed by atoms with Crippen molar-refractivity contribution in [2.75, 3.05) is 11.9 Å². The van der Waals surface area contributed by atoms with Crippen LogP contribution in [0.15, 0.2) is 28.7 Å². The summed E-state index contributed by atoms with van der Waals surface area (Å²) in [7, 11) is 0. The number of aliphatic hydroxyl groups excluding tert-OH is 1. The van der Waals surface area contributed by atoms with Gasteiger partial charge in [0.15, 0.2) is 5.76 Å². The van der Waals surface area contributed by atoms with Gasteiger partial charge in [0.05, 0.1) is 13.2 Å². The van der Waals surface area contributed by atoms with Crippen LogP contribution in [0, 0.1) is 6.92 Å². The van der Waals surface area contributed by atoms with Crippen LogP contribution in [0.4, 0.5) is 5.69 Å². The fourth-order valence-corrected chi connectivity index (χ4v) is 2.21. The Kier molecular flexibility index (Phi) is 5.22. The summed E-state index contributed by atoms with van der Waals surface area (Å²) in [5.41, 5.74) is 2.03. The number of rotatable bonds is 6. The van der Waals surface area contributed by atoms with Gasteiger partial charge in [-0.1, -0.05) is 6.92 Å². The maximum absolute atomic E-state index is 12.3. The van der Waals surface area contributed by atoms with E-state index in [1.807, 2.05) is 26.8 Å². The fraction of sp³-hybridized carbons (Fsp3) is 0.353. The molecule has 1 aromatic heterocycles. The van der Waals surface area contributed by atoms with Crippen LogP contribution in [0.2, 0.25) is 0 Å². The first-order chi connectivity index (χ1) is 10.6. The van der Waals surface area contributed by atoms with Crippen molar-refractivity contribution in [3.63, 3.8) is 0 Å². The van der Waals surface area contributed by atoms with E-state index in [0.29, 0.717) is 29.4 Å². The van der Waals surface area contributed by atoms with Gasteiger partial charge in [-0.2, -0.15) is 0 Å². The van der Waals surface area contributed by atoms with Crippen molar-refractivity contribution in [2.24, 2.45) is 0 Å². The first-order valence-electron chi connectivity index (χ1n) is 7.36. The molecule has 1 amide bonds. The number of anilines is 1. The summed E-state index contributed by atoms with van der Waals surface area (Å²) in [5.74, 6) is 1.41. The Morgan fingerprint density at radius 1 is 1.32 bits per heavy atom. The highest BCUT2D eigenvalue weighted by Gasteiger charge is 2.16. The summed E-state index contributed by atoms with van der Waals surface area (Å²) < 4.78 is 10.9. The molecule has 0 aliphatic rings. The van der Waals surface area contributed by atoms with E-state index in [4.69, 9.17) is 9.15 Å². The zero-order valence-electron chi connectivity index (χ0n) is 13.1. The molecule has 0 bridgehead atoms. The van der Waals surface area contributed by atoms with Gasteiger partial charge in [0.2, 0.25) is 0 Å². The molecule has 5 nitrogen and oxygen atoms in total. The highest BCUT2D eigenvalue weighted by Crippen LogP contribution is 2.24. The van der Waals surface area contributed by atoms with Gasteiger partial charge in [-0.15, -0.1) is 0 Å². The van der Waals surface area contributed by atoms with Gasteiger partial charge in [0.25, 0.3) is 5.91 Å². The lowest BCUT2D eigenvalue weighted by atomic mass is 10.1. The zero-order chi connectivity index (χ0) is 16.1. The third-order valence-corrected chi connectivity index (χ3v) is 3.31. The van der Waals surface area contributed by atoms with Crippen molar-refractivity contribution in [1.29, 1.82) is 0 Å². The number of hydrogen-bond acceptors (Lipinski definition) is 4. The first-order valence-corrected chi connectivity index (χ1v) is 7.36. The monoisotopic (exact) mass is 303 g/mol. The predicted octanol–water partition coefficient (Wildman–Crippen LogP) is 3.29. The number of benzene rings is 1. The third kappa shape index (κ3) is 3.49. The summed E-state index contributed by atoms with van der Waals surface area (Å²) in [4.78, 5) is 12.3. The standard InChI is InChI=1S/C17H21NO4/c1-4-14-8-11(3)16(22-14)17(20)18-13-6-7-15(21-5-2)12(9-13)10-19/h6-9,19H,4-5,10H2,1-3H3,(H,18,20). The van der Waals surface area contributed by atoms with Gasteiger partial charge in [-0.05, 0) is 38.1 Å². The number of nitrogens with one attached hydrogen (secondary N) is 1. The second-order valence-electron chi connectivity index (χ2n) is 4.95. The van der Waals surface area contributed by atoms with Crippen LogP contribution < -0.4 is 10.1 Å². The van der Waals surface area contributed by atoms with Crippen LogP contribution in [0.5, 0.6) is 5.75 Å². The van der Waals surface area contributed by atoms with Crippen molar-refractivity contribution >= 4 is 11.6 Å². The molecule has 2 N–H and O–H groups in total. The van der Waals surface area contributed by atoms with Crippen LogP contribution in [-0.4, -0.2) is 17.6 Å². The molecule has 22 heavy (non-hydrogen) atoms. The van der Waals surface area contributed by atoms with Crippen LogP contribution in [0.1, 0.15) is 41.3 Å². The number of aliphatic hydroxyl groups is 1. The summed E-state index contributed by atoms with van der Waals surface area (Å²) >= 11 is 0. The molecular formula is C17H21NO4. The lowest BCUT2D eigenvalue weighted by molar-refractivity contribution is 0.0994. The second kappa shape index (κ2) is 7.13. The Bertz CT molecular complexity index is 661. The van der Waals surface area contributed by atoms with E-state index >= 15 is 0 Å². The predicted molar refractivity (Wildman–Crippen MR) is 84.3 cm³/mol. The molecule has 0 unspecified atom stereocenters. The second-order valence-corrected chi connectivity index (χ2v) is 4.95. The van der Waals surface area contributed by atoms with Gasteiger partial charge in [-0.3, -0.25) is 4.79 Å². The Labute approximate surface area is 129 Å². The number of aryl methyl sites for hydroxylation is 2. The molecule has 0 aliphatic heterocycles. The average Bonchev–Trinajstić information content (AvgIpc) is 2.90. The number of carbonyl (C=O) groups is 1. The molecule has 0 spiro atoms. The summed E-state index contributed by atoms with van der Waals surface area (Å²) in [5, 5.41) is 12.2. The Balaban J connectivity index is 2.19. The Hall–Kier alpha value is -2.27. The summed E-state index contributed by atoms with van der Waals surface area (Å²) in [6.45, 7) is 6.06. The highest BCUT2D eigenvalue weighted by molar-refractivity contribution is 6.03. The van der Waals surface area contributed by atoms with E-state index in [1.165, 1.54) is 0 Å². The number of furan rings is 1. The SMILES string of the molecule is CCOc1ccc(NC(=O)c2oc(CC)cc2C)cc1CO. The van der Waals surface area contributed by atoms with E-state index in [2.05, 4.69) is 5.32 Å². The molecule has 0 atom stereocenters. The van der Waals surface area contributed by atoms with Crippen LogP contribution in [0.3, 0.4) is 0 Å². The zero-order valence-corrected chi connectivity index (χ0v) is 13.1. The van der Waals surface area contributed by atoms with Crippen molar-refractivity contribution in [3.8, 4) is 5.75 Å². The van der Waals surface area contributed by atoms with E-state index < -0.39 is 0 Å². The fourth-order valence-electron chi connectivity index (χ4n) is 2.21. The number of carbonyl (C=O) groups excluding carboxylic acids is 1. The minimum absolute atomic E-state index is 0.154. The lowest BCUT2D eigenvalue weighted by Crippen LogP contribution is -2.12. The molecule has 0 aliphatic carbocycles. The molecule has 1 aromatic carbocycles. The lowest BCUT2D eigenvalue weighted by Gasteiger charge is -2.11. The molecule has 1 heterocycles. The summed E-state index contributed by atoms with van der Waals surface area (Å²) in [6, 6.07) is 7.03. The molecule has 118 valence electrons. The minimum atomic E-state index is -0.301. The molecule has 2 aromatic rings. The minimum Gasteiger partial charge on any atom is -0.494 e. The van der Waals surface area contributed by atoms with Crippen LogP contribution in [-0.2, 0) is 13.0 Å². The molecule has 0 saturated heterocycles. The van der Waals surface area contributed by atoms with E-state index in [1.54, 1.807) is 18.2 Å². The van der Waals surface area contributed by atoms with Crippen molar-refractivity contribution in [3.05, 3.63) is 46.9 Å². The van der Waals surface area contributed by atoms with Crippen molar-refractivity contribution in [1.82, 2.24) is 0 Å². The molecule has 0 fully saturated rings. The van der Waals surface area contributed by atoms with Crippen molar-refractivity contribution < 1.29 is 19.1 Å². The molecular weight excluding hydrogens is 282 g/mol. The van der Waals surface area contributed by atoms with Gasteiger partial charge >= 0.3 is 0 Å². The normalized spacial score (nSPS) is 10.5. The molecule has 0 radical (unpaired) electrons. The number of amides is 1. The van der Waals surface area contributed by atoms with E-state index in [-0.39, 0.29) is 12.5 Å². The smallest absolute Gasteiger partial charge is 0.291 e. The van der Waals surface area contributed by atoms with Crippen molar-refractivity contribution in [2.45, 2.75) is 33.8 Å². The van der Waals surface area contributed by atoms with E-state index in [0.717, 1.165) is 17.7 Å². The average molecular weight is 303 g/mol. The maximum atomic E-state index is 12.3. The number of ether oxygens (including phenoxy) is 1. The Morgan fingerprint density at radius 2 is 2.09 bits per heavy atom. The first kappa shape index (κ1) is 16.1. The maximum Gasteiger partial charge on any atom is 0.291 e. The van der Waals surface area contributed by atoms with Gasteiger partial charge in [0, 0.05) is 23.2 Å². The third-order valence-electron chi connectivity index (χ3n) is 3.31. The molecule has 5 heteroatoms. The van der Waals surface area contributed by atoms with Gasteiger partial charge < -0.3 is 19.6 Å². The van der Waals surface area contributed by atoms with Crippen LogP contribution in [0.25, 0.3) is 0 Å².